The zero-order valence-corrected chi connectivity index (χ0v) is 14.2. The lowest BCUT2D eigenvalue weighted by molar-refractivity contribution is -0.140. The molecule has 1 unspecified atom stereocenters. The van der Waals surface area contributed by atoms with Crippen LogP contribution in [0.4, 0.5) is 0 Å². The van der Waals surface area contributed by atoms with Gasteiger partial charge in [-0.05, 0) is 12.0 Å². The normalized spacial score (nSPS) is 12.6. The second kappa shape index (κ2) is 8.43. The maximum Gasteiger partial charge on any atom is 0.305 e. The number of methoxy groups -OCH3 is 1. The zero-order chi connectivity index (χ0) is 15.7. The summed E-state index contributed by atoms with van der Waals surface area (Å²) in [5.41, 5.74) is 4.36. The molecule has 3 nitrogen and oxygen atoms in total. The molecule has 0 aliphatic rings. The Bertz CT molecular complexity index is 535. The van der Waals surface area contributed by atoms with E-state index in [1.165, 1.54) is 7.11 Å². The molecule has 0 amide bonds. The van der Waals surface area contributed by atoms with Crippen molar-refractivity contribution in [2.75, 3.05) is 7.11 Å². The highest BCUT2D eigenvalue weighted by Crippen LogP contribution is 2.05. The summed E-state index contributed by atoms with van der Waals surface area (Å²) in [6.07, 6.45) is 2.75. The lowest BCUT2D eigenvalue weighted by atomic mass is 10.1. The number of rotatable bonds is 5. The van der Waals surface area contributed by atoms with Gasteiger partial charge in [0.05, 0.1) is 7.11 Å². The van der Waals surface area contributed by atoms with E-state index < -0.39 is 8.07 Å². The number of hydrogen-bond acceptors (Lipinski definition) is 3. The van der Waals surface area contributed by atoms with Crippen molar-refractivity contribution < 1.29 is 9.53 Å². The number of ether oxygens (including phenoxy) is 1. The van der Waals surface area contributed by atoms with Crippen LogP contribution in [0.25, 0.3) is 0 Å². The number of benzene rings is 1. The van der Waals surface area contributed by atoms with E-state index in [0.717, 1.165) is 5.56 Å². The van der Waals surface area contributed by atoms with Crippen molar-refractivity contribution >= 4 is 20.3 Å². The van der Waals surface area contributed by atoms with Gasteiger partial charge in [-0.1, -0.05) is 55.9 Å². The maximum atomic E-state index is 11.3. The third-order valence-electron chi connectivity index (χ3n) is 2.67. The van der Waals surface area contributed by atoms with Crippen molar-refractivity contribution in [2.24, 2.45) is 4.99 Å². The number of esters is 1. The Morgan fingerprint density at radius 3 is 2.57 bits per heavy atom. The molecular weight excluding hydrogens is 278 g/mol. The van der Waals surface area contributed by atoms with Gasteiger partial charge in [0.25, 0.3) is 0 Å². The fourth-order valence-corrected chi connectivity index (χ4v) is 2.16. The van der Waals surface area contributed by atoms with Crippen LogP contribution in [-0.4, -0.2) is 33.4 Å². The Morgan fingerprint density at radius 2 is 2.00 bits per heavy atom. The third kappa shape index (κ3) is 8.11. The van der Waals surface area contributed by atoms with Crippen molar-refractivity contribution in [3.05, 3.63) is 35.9 Å². The molecule has 0 aliphatic heterocycles. The van der Waals surface area contributed by atoms with Gasteiger partial charge in [0.1, 0.15) is 14.1 Å². The molecule has 112 valence electrons. The Balaban J connectivity index is 2.78. The molecule has 1 rings (SSSR count). The summed E-state index contributed by atoms with van der Waals surface area (Å²) in [7, 11) is -0.0429. The fraction of sp³-hybridized carbons (Fsp3) is 0.412. The quantitative estimate of drug-likeness (QED) is 0.362. The molecule has 0 heterocycles. The Labute approximate surface area is 128 Å². The van der Waals surface area contributed by atoms with E-state index in [1.807, 2.05) is 36.5 Å². The minimum atomic E-state index is -1.44. The predicted molar refractivity (Wildman–Crippen MR) is 90.2 cm³/mol. The van der Waals surface area contributed by atoms with Gasteiger partial charge in [-0.25, -0.2) is 0 Å². The summed E-state index contributed by atoms with van der Waals surface area (Å²) >= 11 is 0. The molecule has 4 heteroatoms. The smallest absolute Gasteiger partial charge is 0.305 e. The third-order valence-corrected chi connectivity index (χ3v) is 3.56. The standard InChI is InChI=1S/C17H23NO2Si/c1-20-17(19)11-10-16(12-13-21(2,3)4)18-14-15-8-6-5-7-9-15/h5-9,14,16H,10-11H2,1-4H3. The van der Waals surface area contributed by atoms with E-state index in [9.17, 15) is 4.79 Å². The van der Waals surface area contributed by atoms with E-state index in [1.54, 1.807) is 0 Å². The molecule has 0 fully saturated rings. The topological polar surface area (TPSA) is 38.7 Å². The van der Waals surface area contributed by atoms with Crippen LogP contribution in [0, 0.1) is 11.5 Å². The van der Waals surface area contributed by atoms with Gasteiger partial charge in [0.2, 0.25) is 0 Å². The molecule has 0 saturated heterocycles. The molecule has 21 heavy (non-hydrogen) atoms. The molecule has 0 radical (unpaired) electrons. The van der Waals surface area contributed by atoms with Crippen LogP contribution >= 0.6 is 0 Å². The monoisotopic (exact) mass is 301 g/mol. The van der Waals surface area contributed by atoms with Crippen LogP contribution in [0.2, 0.25) is 19.6 Å². The Morgan fingerprint density at radius 1 is 1.33 bits per heavy atom. The largest absolute Gasteiger partial charge is 0.469 e. The summed E-state index contributed by atoms with van der Waals surface area (Å²) < 4.78 is 4.68. The lowest BCUT2D eigenvalue weighted by Gasteiger charge is -2.08. The van der Waals surface area contributed by atoms with Crippen LogP contribution in [-0.2, 0) is 9.53 Å². The van der Waals surface area contributed by atoms with Crippen molar-refractivity contribution in [1.29, 1.82) is 0 Å². The van der Waals surface area contributed by atoms with E-state index >= 15 is 0 Å². The molecule has 0 spiro atoms. The average Bonchev–Trinajstić information content (AvgIpc) is 2.46. The van der Waals surface area contributed by atoms with Gasteiger partial charge in [0.15, 0.2) is 0 Å². The van der Waals surface area contributed by atoms with Crippen molar-refractivity contribution in [3.63, 3.8) is 0 Å². The van der Waals surface area contributed by atoms with Gasteiger partial charge in [0, 0.05) is 12.6 Å². The van der Waals surface area contributed by atoms with E-state index in [-0.39, 0.29) is 12.0 Å². The van der Waals surface area contributed by atoms with Crippen molar-refractivity contribution in [3.8, 4) is 11.5 Å². The Kier molecular flexibility index (Phi) is 6.90. The Hall–Kier alpha value is -1.86. The molecule has 0 aromatic heterocycles. The van der Waals surface area contributed by atoms with Gasteiger partial charge >= 0.3 is 5.97 Å². The minimum absolute atomic E-state index is 0.156. The van der Waals surface area contributed by atoms with Crippen LogP contribution < -0.4 is 0 Å². The molecule has 1 atom stereocenters. The average molecular weight is 301 g/mol. The molecule has 0 bridgehead atoms. The van der Waals surface area contributed by atoms with E-state index in [0.29, 0.717) is 12.8 Å². The van der Waals surface area contributed by atoms with Crippen LogP contribution in [0.3, 0.4) is 0 Å². The summed E-state index contributed by atoms with van der Waals surface area (Å²) in [6, 6.07) is 9.74. The number of carbonyl (C=O) groups excluding carboxylic acids is 1. The van der Waals surface area contributed by atoms with E-state index in [4.69, 9.17) is 0 Å². The maximum absolute atomic E-state index is 11.3. The molecular formula is C17H23NO2Si. The summed E-state index contributed by atoms with van der Waals surface area (Å²) in [4.78, 5) is 15.8. The molecule has 1 aromatic rings. The first-order valence-electron chi connectivity index (χ1n) is 7.08. The first-order chi connectivity index (χ1) is 9.90. The number of hydrogen-bond donors (Lipinski definition) is 0. The highest BCUT2D eigenvalue weighted by molar-refractivity contribution is 6.83. The molecule has 0 saturated carbocycles. The van der Waals surface area contributed by atoms with Gasteiger partial charge in [-0.2, -0.15) is 0 Å². The van der Waals surface area contributed by atoms with Crippen molar-refractivity contribution in [2.45, 2.75) is 38.5 Å². The predicted octanol–water partition coefficient (Wildman–Crippen LogP) is 3.31. The summed E-state index contributed by atoms with van der Waals surface area (Å²) in [5, 5.41) is 0. The van der Waals surface area contributed by atoms with Crippen LogP contribution in [0.15, 0.2) is 35.3 Å². The summed E-state index contributed by atoms with van der Waals surface area (Å²) in [5.74, 6) is 3.00. The zero-order valence-electron chi connectivity index (χ0n) is 13.2. The molecule has 0 N–H and O–H groups in total. The molecule has 0 aliphatic carbocycles. The van der Waals surface area contributed by atoms with Crippen molar-refractivity contribution in [1.82, 2.24) is 0 Å². The minimum Gasteiger partial charge on any atom is -0.469 e. The van der Waals surface area contributed by atoms with Gasteiger partial charge in [-0.3, -0.25) is 9.79 Å². The second-order valence-corrected chi connectivity index (χ2v) is 10.6. The number of nitrogens with zero attached hydrogens (tertiary/aromatic N) is 1. The second-order valence-electron chi connectivity index (χ2n) is 5.84. The SMILES string of the molecule is COC(=O)CCC(C#C[Si](C)(C)C)N=Cc1ccccc1. The fourth-order valence-electron chi connectivity index (χ4n) is 1.56. The first-order valence-corrected chi connectivity index (χ1v) is 10.6. The van der Waals surface area contributed by atoms with E-state index in [2.05, 4.69) is 40.8 Å². The number of aliphatic imine (C=N–C) groups is 1. The lowest BCUT2D eigenvalue weighted by Crippen LogP contribution is -2.18. The highest BCUT2D eigenvalue weighted by Gasteiger charge is 2.11. The van der Waals surface area contributed by atoms with Crippen LogP contribution in [0.1, 0.15) is 18.4 Å². The summed E-state index contributed by atoms with van der Waals surface area (Å²) in [6.45, 7) is 6.58. The van der Waals surface area contributed by atoms with Gasteiger partial charge < -0.3 is 4.74 Å². The molecule has 1 aromatic carbocycles. The number of carbonyl (C=O) groups is 1. The first kappa shape index (κ1) is 17.2. The van der Waals surface area contributed by atoms with Crippen LogP contribution in [0.5, 0.6) is 0 Å². The van der Waals surface area contributed by atoms with Gasteiger partial charge in [-0.15, -0.1) is 5.54 Å². The highest BCUT2D eigenvalue weighted by atomic mass is 28.3.